The zero-order valence-electron chi connectivity index (χ0n) is 11.4. The van der Waals surface area contributed by atoms with Crippen LogP contribution in [0.5, 0.6) is 5.75 Å². The molecule has 94 valence electrons. The zero-order chi connectivity index (χ0) is 12.4. The van der Waals surface area contributed by atoms with E-state index in [-0.39, 0.29) is 0 Å². The molecule has 1 unspecified atom stereocenters. The maximum absolute atomic E-state index is 5.48. The van der Waals surface area contributed by atoms with E-state index in [1.807, 2.05) is 0 Å². The number of hydrogen-bond donors (Lipinski definition) is 1. The van der Waals surface area contributed by atoms with Crippen LogP contribution in [-0.2, 0) is 0 Å². The normalized spacial score (nSPS) is 20.4. The van der Waals surface area contributed by atoms with Crippen LogP contribution in [0.4, 0.5) is 0 Å². The molecule has 1 fully saturated rings. The Kier molecular flexibility index (Phi) is 3.72. The topological polar surface area (TPSA) is 21.3 Å². The Labute approximate surface area is 104 Å². The number of piperidine rings is 1. The second kappa shape index (κ2) is 5.09. The molecule has 1 aromatic rings. The largest absolute Gasteiger partial charge is 0.496 e. The molecule has 0 saturated carbocycles. The molecule has 0 spiro atoms. The van der Waals surface area contributed by atoms with Crippen LogP contribution in [0.15, 0.2) is 6.07 Å². The first-order valence-electron chi connectivity index (χ1n) is 6.53. The van der Waals surface area contributed by atoms with Gasteiger partial charge in [-0.1, -0.05) is 12.5 Å². The van der Waals surface area contributed by atoms with E-state index >= 15 is 0 Å². The number of aryl methyl sites for hydroxylation is 1. The molecular weight excluding hydrogens is 210 g/mol. The molecular formula is C15H23NO. The minimum atomic E-state index is 0.534. The Hall–Kier alpha value is -1.02. The van der Waals surface area contributed by atoms with Crippen LogP contribution in [0.1, 0.15) is 47.6 Å². The lowest BCUT2D eigenvalue weighted by atomic mass is 9.90. The number of hydrogen-bond acceptors (Lipinski definition) is 2. The molecule has 0 radical (unpaired) electrons. The summed E-state index contributed by atoms with van der Waals surface area (Å²) in [7, 11) is 1.76. The highest BCUT2D eigenvalue weighted by Gasteiger charge is 2.19. The van der Waals surface area contributed by atoms with Crippen LogP contribution in [0, 0.1) is 20.8 Å². The Morgan fingerprint density at radius 1 is 1.18 bits per heavy atom. The molecule has 1 atom stereocenters. The lowest BCUT2D eigenvalue weighted by Gasteiger charge is -2.27. The first kappa shape index (κ1) is 12.4. The average molecular weight is 233 g/mol. The Morgan fingerprint density at radius 3 is 2.53 bits per heavy atom. The number of nitrogens with one attached hydrogen (secondary N) is 1. The van der Waals surface area contributed by atoms with Gasteiger partial charge in [-0.25, -0.2) is 0 Å². The molecule has 0 aromatic heterocycles. The SMILES string of the molecule is COc1c(C)cc(C2CCCCN2)c(C)c1C. The summed E-state index contributed by atoms with van der Waals surface area (Å²) in [4.78, 5) is 0. The van der Waals surface area contributed by atoms with E-state index in [9.17, 15) is 0 Å². The Balaban J connectivity index is 2.40. The first-order valence-corrected chi connectivity index (χ1v) is 6.53. The number of methoxy groups -OCH3 is 1. The second-order valence-electron chi connectivity index (χ2n) is 5.07. The molecule has 17 heavy (non-hydrogen) atoms. The van der Waals surface area contributed by atoms with Crippen molar-refractivity contribution in [2.45, 2.75) is 46.1 Å². The molecule has 0 aliphatic carbocycles. The fraction of sp³-hybridized carbons (Fsp3) is 0.600. The van der Waals surface area contributed by atoms with Gasteiger partial charge in [-0.2, -0.15) is 0 Å². The highest BCUT2D eigenvalue weighted by Crippen LogP contribution is 2.34. The highest BCUT2D eigenvalue weighted by atomic mass is 16.5. The van der Waals surface area contributed by atoms with Crippen molar-refractivity contribution < 1.29 is 4.74 Å². The Morgan fingerprint density at radius 2 is 1.94 bits per heavy atom. The van der Waals surface area contributed by atoms with E-state index < -0.39 is 0 Å². The first-order chi connectivity index (χ1) is 8.15. The molecule has 2 nitrogen and oxygen atoms in total. The number of rotatable bonds is 2. The third-order valence-electron chi connectivity index (χ3n) is 3.96. The molecule has 2 heteroatoms. The molecule has 1 N–H and O–H groups in total. The maximum atomic E-state index is 5.48. The minimum absolute atomic E-state index is 0.534. The molecule has 1 heterocycles. The number of ether oxygens (including phenoxy) is 1. The predicted molar refractivity (Wildman–Crippen MR) is 71.8 cm³/mol. The minimum Gasteiger partial charge on any atom is -0.496 e. The van der Waals surface area contributed by atoms with Crippen LogP contribution in [0.3, 0.4) is 0 Å². The summed E-state index contributed by atoms with van der Waals surface area (Å²) >= 11 is 0. The van der Waals surface area contributed by atoms with Crippen LogP contribution in [0.25, 0.3) is 0 Å². The number of benzene rings is 1. The summed E-state index contributed by atoms with van der Waals surface area (Å²) in [6.45, 7) is 7.65. The summed E-state index contributed by atoms with van der Waals surface area (Å²) in [5, 5.41) is 3.63. The van der Waals surface area contributed by atoms with E-state index in [2.05, 4.69) is 32.2 Å². The smallest absolute Gasteiger partial charge is 0.124 e. The quantitative estimate of drug-likeness (QED) is 0.845. The average Bonchev–Trinajstić information content (AvgIpc) is 2.35. The van der Waals surface area contributed by atoms with Crippen LogP contribution < -0.4 is 10.1 Å². The fourth-order valence-corrected chi connectivity index (χ4v) is 2.88. The van der Waals surface area contributed by atoms with E-state index in [4.69, 9.17) is 4.74 Å². The summed E-state index contributed by atoms with van der Waals surface area (Å²) in [6, 6.07) is 2.83. The van der Waals surface area contributed by atoms with Gasteiger partial charge in [0, 0.05) is 6.04 Å². The van der Waals surface area contributed by atoms with Gasteiger partial charge in [0.15, 0.2) is 0 Å². The van der Waals surface area contributed by atoms with Gasteiger partial charge in [0.1, 0.15) is 5.75 Å². The summed E-state index contributed by atoms with van der Waals surface area (Å²) in [5.74, 6) is 1.04. The van der Waals surface area contributed by atoms with Crippen molar-refractivity contribution in [2.24, 2.45) is 0 Å². The molecule has 1 aliphatic rings. The second-order valence-corrected chi connectivity index (χ2v) is 5.07. The highest BCUT2D eigenvalue weighted by molar-refractivity contribution is 5.50. The van der Waals surface area contributed by atoms with Crippen LogP contribution in [0.2, 0.25) is 0 Å². The fourth-order valence-electron chi connectivity index (χ4n) is 2.88. The van der Waals surface area contributed by atoms with Gasteiger partial charge in [-0.05, 0) is 62.4 Å². The van der Waals surface area contributed by atoms with Crippen LogP contribution in [-0.4, -0.2) is 13.7 Å². The van der Waals surface area contributed by atoms with E-state index in [1.54, 1.807) is 7.11 Å². The summed E-state index contributed by atoms with van der Waals surface area (Å²) in [6.07, 6.45) is 3.90. The van der Waals surface area contributed by atoms with Gasteiger partial charge >= 0.3 is 0 Å². The van der Waals surface area contributed by atoms with Gasteiger partial charge in [-0.15, -0.1) is 0 Å². The molecule has 2 rings (SSSR count). The van der Waals surface area contributed by atoms with Crippen molar-refractivity contribution in [3.05, 3.63) is 28.3 Å². The molecule has 1 aromatic carbocycles. The monoisotopic (exact) mass is 233 g/mol. The lowest BCUT2D eigenvalue weighted by molar-refractivity contribution is 0.400. The van der Waals surface area contributed by atoms with Gasteiger partial charge in [0.25, 0.3) is 0 Å². The summed E-state index contributed by atoms with van der Waals surface area (Å²) in [5.41, 5.74) is 5.38. The zero-order valence-corrected chi connectivity index (χ0v) is 11.4. The van der Waals surface area contributed by atoms with Gasteiger partial charge in [0.05, 0.1) is 7.11 Å². The van der Waals surface area contributed by atoms with Gasteiger partial charge < -0.3 is 10.1 Å². The molecule has 1 saturated heterocycles. The van der Waals surface area contributed by atoms with E-state index in [0.29, 0.717) is 6.04 Å². The maximum Gasteiger partial charge on any atom is 0.124 e. The third kappa shape index (κ3) is 2.32. The van der Waals surface area contributed by atoms with Crippen molar-refractivity contribution in [1.29, 1.82) is 0 Å². The Bertz CT molecular complexity index is 406. The molecule has 0 amide bonds. The van der Waals surface area contributed by atoms with Crippen LogP contribution >= 0.6 is 0 Å². The van der Waals surface area contributed by atoms with Crippen molar-refractivity contribution in [1.82, 2.24) is 5.32 Å². The van der Waals surface area contributed by atoms with Gasteiger partial charge in [0.2, 0.25) is 0 Å². The lowest BCUT2D eigenvalue weighted by Crippen LogP contribution is -2.27. The van der Waals surface area contributed by atoms with Crippen molar-refractivity contribution in [3.8, 4) is 5.75 Å². The summed E-state index contributed by atoms with van der Waals surface area (Å²) < 4.78 is 5.48. The van der Waals surface area contributed by atoms with Crippen molar-refractivity contribution in [3.63, 3.8) is 0 Å². The molecule has 0 bridgehead atoms. The van der Waals surface area contributed by atoms with Crippen molar-refractivity contribution >= 4 is 0 Å². The third-order valence-corrected chi connectivity index (χ3v) is 3.96. The predicted octanol–water partition coefficient (Wildman–Crippen LogP) is 3.44. The molecule has 1 aliphatic heterocycles. The van der Waals surface area contributed by atoms with Gasteiger partial charge in [-0.3, -0.25) is 0 Å². The van der Waals surface area contributed by atoms with E-state index in [1.165, 1.54) is 41.5 Å². The standard InChI is InChI=1S/C15H23NO/c1-10-9-13(14-7-5-6-8-16-14)11(2)12(3)15(10)17-4/h9,14,16H,5-8H2,1-4H3. The van der Waals surface area contributed by atoms with E-state index in [0.717, 1.165) is 12.3 Å². The van der Waals surface area contributed by atoms with Crippen molar-refractivity contribution in [2.75, 3.05) is 13.7 Å².